The Morgan fingerprint density at radius 3 is 2.18 bits per heavy atom. The first-order valence-corrected chi connectivity index (χ1v) is 7.26. The molecule has 0 saturated carbocycles. The van der Waals surface area contributed by atoms with Gasteiger partial charge in [0.1, 0.15) is 0 Å². The quantitative estimate of drug-likeness (QED) is 0.700. The van der Waals surface area contributed by atoms with E-state index in [4.69, 9.17) is 0 Å². The lowest BCUT2D eigenvalue weighted by Gasteiger charge is -2.34. The summed E-state index contributed by atoms with van der Waals surface area (Å²) in [6.45, 7) is 16.1. The zero-order chi connectivity index (χ0) is 13.5. The lowest BCUT2D eigenvalue weighted by atomic mass is 9.84. The predicted molar refractivity (Wildman–Crippen MR) is 78.5 cm³/mol. The monoisotopic (exact) mass is 242 g/mol. The zero-order valence-corrected chi connectivity index (χ0v) is 13.1. The molecular weight excluding hydrogens is 208 g/mol. The molecule has 104 valence electrons. The Labute approximate surface area is 109 Å². The van der Waals surface area contributed by atoms with Gasteiger partial charge in [0.05, 0.1) is 0 Å². The van der Waals surface area contributed by atoms with E-state index in [-0.39, 0.29) is 0 Å². The third kappa shape index (κ3) is 7.05. The highest BCUT2D eigenvalue weighted by Gasteiger charge is 2.24. The van der Waals surface area contributed by atoms with Crippen LogP contribution in [0.25, 0.3) is 0 Å². The normalized spacial score (nSPS) is 16.2. The van der Waals surface area contributed by atoms with Crippen LogP contribution in [0.4, 0.5) is 0 Å². The SMILES string of the molecule is CCCNC(CCN(C)C(C)CC)C(C)(C)C. The highest BCUT2D eigenvalue weighted by Crippen LogP contribution is 2.22. The van der Waals surface area contributed by atoms with Crippen LogP contribution in [0.5, 0.6) is 0 Å². The lowest BCUT2D eigenvalue weighted by Crippen LogP contribution is -2.43. The topological polar surface area (TPSA) is 15.3 Å². The van der Waals surface area contributed by atoms with Crippen LogP contribution in [0.1, 0.15) is 60.8 Å². The van der Waals surface area contributed by atoms with Crippen molar-refractivity contribution in [2.45, 2.75) is 72.9 Å². The molecule has 17 heavy (non-hydrogen) atoms. The summed E-state index contributed by atoms with van der Waals surface area (Å²) in [5, 5.41) is 3.69. The Morgan fingerprint density at radius 1 is 1.18 bits per heavy atom. The maximum Gasteiger partial charge on any atom is 0.0128 e. The molecule has 2 nitrogen and oxygen atoms in total. The fourth-order valence-electron chi connectivity index (χ4n) is 2.02. The Hall–Kier alpha value is -0.0800. The van der Waals surface area contributed by atoms with Crippen molar-refractivity contribution in [2.75, 3.05) is 20.1 Å². The molecule has 0 amide bonds. The molecule has 1 N–H and O–H groups in total. The Bertz CT molecular complexity index is 184. The van der Waals surface area contributed by atoms with E-state index in [9.17, 15) is 0 Å². The molecule has 0 aromatic rings. The first-order chi connectivity index (χ1) is 7.82. The van der Waals surface area contributed by atoms with Crippen LogP contribution in [-0.4, -0.2) is 37.1 Å². The molecule has 0 fully saturated rings. The van der Waals surface area contributed by atoms with Crippen molar-refractivity contribution >= 4 is 0 Å². The van der Waals surface area contributed by atoms with Gasteiger partial charge in [0.15, 0.2) is 0 Å². The van der Waals surface area contributed by atoms with E-state index in [1.165, 1.54) is 25.8 Å². The van der Waals surface area contributed by atoms with E-state index in [0.717, 1.165) is 6.54 Å². The Kier molecular flexibility index (Phi) is 8.06. The molecule has 0 heterocycles. The average molecular weight is 242 g/mol. The highest BCUT2D eigenvalue weighted by atomic mass is 15.1. The summed E-state index contributed by atoms with van der Waals surface area (Å²) in [6, 6.07) is 1.32. The van der Waals surface area contributed by atoms with Crippen LogP contribution in [0.3, 0.4) is 0 Å². The molecule has 0 aromatic carbocycles. The maximum absolute atomic E-state index is 3.69. The second-order valence-corrected chi connectivity index (χ2v) is 6.40. The minimum atomic E-state index is 0.353. The summed E-state index contributed by atoms with van der Waals surface area (Å²) in [4.78, 5) is 2.48. The summed E-state index contributed by atoms with van der Waals surface area (Å²) in [7, 11) is 2.24. The van der Waals surface area contributed by atoms with Crippen molar-refractivity contribution in [3.63, 3.8) is 0 Å². The molecule has 0 bridgehead atoms. The molecule has 2 heteroatoms. The summed E-state index contributed by atoms with van der Waals surface area (Å²) < 4.78 is 0. The molecule has 2 atom stereocenters. The zero-order valence-electron chi connectivity index (χ0n) is 13.1. The summed E-state index contributed by atoms with van der Waals surface area (Å²) in [5.41, 5.74) is 0.353. The van der Waals surface area contributed by atoms with Crippen LogP contribution >= 0.6 is 0 Å². The van der Waals surface area contributed by atoms with Crippen LogP contribution < -0.4 is 5.32 Å². The Morgan fingerprint density at radius 2 is 1.76 bits per heavy atom. The van der Waals surface area contributed by atoms with E-state index in [1.807, 2.05) is 0 Å². The van der Waals surface area contributed by atoms with Crippen molar-refractivity contribution in [3.05, 3.63) is 0 Å². The fraction of sp³-hybridized carbons (Fsp3) is 1.00. The minimum Gasteiger partial charge on any atom is -0.313 e. The molecular formula is C15H34N2. The van der Waals surface area contributed by atoms with Crippen LogP contribution in [0, 0.1) is 5.41 Å². The van der Waals surface area contributed by atoms with Gasteiger partial charge in [0.25, 0.3) is 0 Å². The van der Waals surface area contributed by atoms with E-state index in [0.29, 0.717) is 17.5 Å². The molecule has 0 aliphatic rings. The van der Waals surface area contributed by atoms with Gasteiger partial charge in [-0.1, -0.05) is 34.6 Å². The standard InChI is InChI=1S/C15H34N2/c1-8-11-16-14(15(4,5)6)10-12-17(7)13(3)9-2/h13-14,16H,8-12H2,1-7H3. The van der Waals surface area contributed by atoms with Gasteiger partial charge in [0.2, 0.25) is 0 Å². The molecule has 0 saturated heterocycles. The third-order valence-electron chi connectivity index (χ3n) is 3.80. The van der Waals surface area contributed by atoms with Gasteiger partial charge in [-0.25, -0.2) is 0 Å². The maximum atomic E-state index is 3.69. The van der Waals surface area contributed by atoms with Gasteiger partial charge in [-0.05, 0) is 51.7 Å². The number of hydrogen-bond donors (Lipinski definition) is 1. The van der Waals surface area contributed by atoms with Crippen molar-refractivity contribution in [1.29, 1.82) is 0 Å². The summed E-state index contributed by atoms with van der Waals surface area (Å²) >= 11 is 0. The van der Waals surface area contributed by atoms with E-state index in [1.54, 1.807) is 0 Å². The van der Waals surface area contributed by atoms with E-state index < -0.39 is 0 Å². The molecule has 2 unspecified atom stereocenters. The molecule has 0 rings (SSSR count). The van der Waals surface area contributed by atoms with Gasteiger partial charge in [0, 0.05) is 12.1 Å². The van der Waals surface area contributed by atoms with E-state index >= 15 is 0 Å². The van der Waals surface area contributed by atoms with Gasteiger partial charge in [-0.3, -0.25) is 0 Å². The highest BCUT2D eigenvalue weighted by molar-refractivity contribution is 4.81. The van der Waals surface area contributed by atoms with Crippen molar-refractivity contribution in [3.8, 4) is 0 Å². The molecule has 0 spiro atoms. The van der Waals surface area contributed by atoms with E-state index in [2.05, 4.69) is 58.8 Å². The molecule has 0 aromatic heterocycles. The van der Waals surface area contributed by atoms with Crippen LogP contribution in [0.15, 0.2) is 0 Å². The number of nitrogens with zero attached hydrogens (tertiary/aromatic N) is 1. The summed E-state index contributed by atoms with van der Waals surface area (Å²) in [6.07, 6.45) is 3.69. The average Bonchev–Trinajstić information content (AvgIpc) is 2.25. The Balaban J connectivity index is 4.16. The largest absolute Gasteiger partial charge is 0.313 e. The summed E-state index contributed by atoms with van der Waals surface area (Å²) in [5.74, 6) is 0. The van der Waals surface area contributed by atoms with Crippen molar-refractivity contribution in [2.24, 2.45) is 5.41 Å². The van der Waals surface area contributed by atoms with Crippen molar-refractivity contribution < 1.29 is 0 Å². The van der Waals surface area contributed by atoms with Gasteiger partial charge >= 0.3 is 0 Å². The second-order valence-electron chi connectivity index (χ2n) is 6.40. The molecule has 0 aliphatic carbocycles. The lowest BCUT2D eigenvalue weighted by molar-refractivity contribution is 0.195. The smallest absolute Gasteiger partial charge is 0.0128 e. The van der Waals surface area contributed by atoms with Gasteiger partial charge in [-0.2, -0.15) is 0 Å². The molecule has 0 radical (unpaired) electrons. The second kappa shape index (κ2) is 8.10. The number of rotatable bonds is 8. The number of nitrogens with one attached hydrogen (secondary N) is 1. The fourth-order valence-corrected chi connectivity index (χ4v) is 2.02. The van der Waals surface area contributed by atoms with Gasteiger partial charge < -0.3 is 10.2 Å². The van der Waals surface area contributed by atoms with Crippen LogP contribution in [0.2, 0.25) is 0 Å². The first-order valence-electron chi connectivity index (χ1n) is 7.26. The first kappa shape index (κ1) is 16.9. The molecule has 0 aliphatic heterocycles. The predicted octanol–water partition coefficient (Wildman–Crippen LogP) is 3.52. The van der Waals surface area contributed by atoms with Gasteiger partial charge in [-0.15, -0.1) is 0 Å². The van der Waals surface area contributed by atoms with Crippen molar-refractivity contribution in [1.82, 2.24) is 10.2 Å². The minimum absolute atomic E-state index is 0.353. The number of hydrogen-bond acceptors (Lipinski definition) is 2. The third-order valence-corrected chi connectivity index (χ3v) is 3.80. The van der Waals surface area contributed by atoms with Crippen LogP contribution in [-0.2, 0) is 0 Å².